The van der Waals surface area contributed by atoms with Gasteiger partial charge in [-0.05, 0) is 24.5 Å². The molecule has 2 N–H and O–H groups in total. The van der Waals surface area contributed by atoms with Crippen LogP contribution in [0, 0.1) is 0 Å². The largest absolute Gasteiger partial charge is 0.480 e. The van der Waals surface area contributed by atoms with Crippen molar-refractivity contribution in [1.29, 1.82) is 0 Å². The second-order valence-corrected chi connectivity index (χ2v) is 7.07. The first-order valence-electron chi connectivity index (χ1n) is 6.75. The van der Waals surface area contributed by atoms with Crippen molar-refractivity contribution in [2.24, 2.45) is 0 Å². The van der Waals surface area contributed by atoms with Crippen molar-refractivity contribution in [2.75, 3.05) is 0 Å². The van der Waals surface area contributed by atoms with Crippen molar-refractivity contribution >= 4 is 46.4 Å². The molecule has 0 aliphatic carbocycles. The highest BCUT2D eigenvalue weighted by Crippen LogP contribution is 2.31. The van der Waals surface area contributed by atoms with Crippen LogP contribution in [0.15, 0.2) is 12.3 Å². The maximum atomic E-state index is 11.8. The quantitative estimate of drug-likeness (QED) is 0.736. The molecule has 2 heterocycles. The van der Waals surface area contributed by atoms with Crippen LogP contribution in [-0.4, -0.2) is 32.0 Å². The Bertz CT molecular complexity index is 701. The second kappa shape index (κ2) is 8.28. The van der Waals surface area contributed by atoms with E-state index in [9.17, 15) is 9.59 Å². The number of carbonyl (C=O) groups excluding carboxylic acids is 1. The van der Waals surface area contributed by atoms with Crippen LogP contribution in [0.5, 0.6) is 0 Å². The van der Waals surface area contributed by atoms with Gasteiger partial charge in [-0.1, -0.05) is 28.4 Å². The summed E-state index contributed by atoms with van der Waals surface area (Å²) in [6.45, 7) is -0.0472. The van der Waals surface area contributed by atoms with E-state index in [0.29, 0.717) is 33.6 Å². The summed E-state index contributed by atoms with van der Waals surface area (Å²) in [7, 11) is 0. The summed E-state index contributed by atoms with van der Waals surface area (Å²) in [5.74, 6) is -1.12. The molecular formula is C13H14Cl2N4O3S. The van der Waals surface area contributed by atoms with E-state index in [2.05, 4.69) is 15.6 Å². The van der Waals surface area contributed by atoms with Gasteiger partial charge in [0.05, 0.1) is 21.4 Å². The molecule has 10 heteroatoms. The summed E-state index contributed by atoms with van der Waals surface area (Å²) < 4.78 is 2.50. The van der Waals surface area contributed by atoms with Crippen molar-refractivity contribution in [3.63, 3.8) is 0 Å². The van der Waals surface area contributed by atoms with Crippen molar-refractivity contribution in [3.8, 4) is 0 Å². The van der Waals surface area contributed by atoms with Crippen molar-refractivity contribution in [3.05, 3.63) is 32.2 Å². The molecule has 0 saturated heterocycles. The minimum absolute atomic E-state index is 0.116. The highest BCUT2D eigenvalue weighted by molar-refractivity contribution is 7.20. The maximum Gasteiger partial charge on any atom is 0.325 e. The fraction of sp³-hybridized carbons (Fsp3) is 0.385. The first kappa shape index (κ1) is 17.7. The number of rotatable bonds is 8. The zero-order chi connectivity index (χ0) is 16.8. The topological polar surface area (TPSA) is 97.1 Å². The molecule has 2 aromatic rings. The first-order chi connectivity index (χ1) is 10.9. The molecule has 0 saturated carbocycles. The standard InChI is InChI=1S/C13H14Cl2N4O3S/c14-10-4-8(13(15)23-10)2-1-3-11(20)16-5-9-6-19(18-17-9)7-12(21)22/h4,6H,1-3,5,7H2,(H,16,20)(H,21,22). The molecule has 0 radical (unpaired) electrons. The normalized spacial score (nSPS) is 10.7. The van der Waals surface area contributed by atoms with Crippen LogP contribution in [0.4, 0.5) is 0 Å². The van der Waals surface area contributed by atoms with E-state index in [0.717, 1.165) is 5.56 Å². The van der Waals surface area contributed by atoms with E-state index in [1.165, 1.54) is 22.2 Å². The lowest BCUT2D eigenvalue weighted by molar-refractivity contribution is -0.138. The first-order valence-corrected chi connectivity index (χ1v) is 8.32. The van der Waals surface area contributed by atoms with Gasteiger partial charge in [0, 0.05) is 6.42 Å². The second-order valence-electron chi connectivity index (χ2n) is 4.78. The molecule has 0 aromatic carbocycles. The van der Waals surface area contributed by atoms with Crippen LogP contribution in [0.25, 0.3) is 0 Å². The number of halogens is 2. The number of carboxylic acids is 1. The number of hydrogen-bond donors (Lipinski definition) is 2. The van der Waals surface area contributed by atoms with Crippen LogP contribution in [0.3, 0.4) is 0 Å². The third-order valence-electron chi connectivity index (χ3n) is 2.93. The summed E-state index contributed by atoms with van der Waals surface area (Å²) in [6.07, 6.45) is 3.18. The Kier molecular flexibility index (Phi) is 6.37. The Morgan fingerprint density at radius 3 is 2.83 bits per heavy atom. The van der Waals surface area contributed by atoms with E-state index >= 15 is 0 Å². The monoisotopic (exact) mass is 376 g/mol. The van der Waals surface area contributed by atoms with Crippen LogP contribution in [0.1, 0.15) is 24.1 Å². The lowest BCUT2D eigenvalue weighted by atomic mass is 10.1. The van der Waals surface area contributed by atoms with Crippen LogP contribution < -0.4 is 5.32 Å². The number of carbonyl (C=O) groups is 2. The van der Waals surface area contributed by atoms with E-state index in [1.54, 1.807) is 0 Å². The molecule has 0 fully saturated rings. The van der Waals surface area contributed by atoms with Gasteiger partial charge in [0.1, 0.15) is 12.2 Å². The minimum atomic E-state index is -1.00. The molecule has 0 aliphatic rings. The van der Waals surface area contributed by atoms with Crippen molar-refractivity contribution in [2.45, 2.75) is 32.4 Å². The number of aryl methyl sites for hydroxylation is 1. The van der Waals surface area contributed by atoms with Crippen LogP contribution in [-0.2, 0) is 29.1 Å². The number of thiophene rings is 1. The Balaban J connectivity index is 1.69. The summed E-state index contributed by atoms with van der Waals surface area (Å²) in [6, 6.07) is 1.81. The number of nitrogens with one attached hydrogen (secondary N) is 1. The lowest BCUT2D eigenvalue weighted by Crippen LogP contribution is -2.22. The molecule has 2 aromatic heterocycles. The highest BCUT2D eigenvalue weighted by Gasteiger charge is 2.09. The minimum Gasteiger partial charge on any atom is -0.480 e. The molecule has 124 valence electrons. The van der Waals surface area contributed by atoms with Gasteiger partial charge in [0.25, 0.3) is 0 Å². The Morgan fingerprint density at radius 2 is 2.17 bits per heavy atom. The molecule has 2 rings (SSSR count). The maximum absolute atomic E-state index is 11.8. The molecule has 7 nitrogen and oxygen atoms in total. The Labute approximate surface area is 146 Å². The fourth-order valence-electron chi connectivity index (χ4n) is 1.90. The fourth-order valence-corrected chi connectivity index (χ4v) is 3.44. The summed E-state index contributed by atoms with van der Waals surface area (Å²) in [5.41, 5.74) is 1.46. The molecule has 1 amide bonds. The van der Waals surface area contributed by atoms with Gasteiger partial charge in [-0.3, -0.25) is 9.59 Å². The number of amides is 1. The van der Waals surface area contributed by atoms with Gasteiger partial charge in [-0.25, -0.2) is 4.68 Å². The van der Waals surface area contributed by atoms with Gasteiger partial charge in [0.2, 0.25) is 5.91 Å². The summed E-state index contributed by atoms with van der Waals surface area (Å²) in [5, 5.41) is 18.8. The molecule has 23 heavy (non-hydrogen) atoms. The molecule has 0 unspecified atom stereocenters. The smallest absolute Gasteiger partial charge is 0.325 e. The predicted octanol–water partition coefficient (Wildman–Crippen LogP) is 2.37. The Morgan fingerprint density at radius 1 is 1.39 bits per heavy atom. The van der Waals surface area contributed by atoms with Gasteiger partial charge < -0.3 is 10.4 Å². The van der Waals surface area contributed by atoms with Crippen LogP contribution in [0.2, 0.25) is 8.67 Å². The molecule has 0 spiro atoms. The molecule has 0 aliphatic heterocycles. The number of carboxylic acid groups (broad SMARTS) is 1. The van der Waals surface area contributed by atoms with Crippen molar-refractivity contribution in [1.82, 2.24) is 20.3 Å². The molecule has 0 bridgehead atoms. The average Bonchev–Trinajstić information content (AvgIpc) is 3.03. The van der Waals surface area contributed by atoms with E-state index in [-0.39, 0.29) is 19.0 Å². The Hall–Kier alpha value is -1.64. The van der Waals surface area contributed by atoms with Gasteiger partial charge in [0.15, 0.2) is 0 Å². The SMILES string of the molecule is O=C(O)Cn1cc(CNC(=O)CCCc2cc(Cl)sc2Cl)nn1. The van der Waals surface area contributed by atoms with E-state index in [1.807, 2.05) is 6.07 Å². The van der Waals surface area contributed by atoms with E-state index in [4.69, 9.17) is 28.3 Å². The highest BCUT2D eigenvalue weighted by atomic mass is 35.5. The summed E-state index contributed by atoms with van der Waals surface area (Å²) >= 11 is 13.2. The van der Waals surface area contributed by atoms with Gasteiger partial charge in [-0.2, -0.15) is 0 Å². The third-order valence-corrected chi connectivity index (χ3v) is 4.50. The number of hydrogen-bond acceptors (Lipinski definition) is 5. The zero-order valence-electron chi connectivity index (χ0n) is 12.0. The van der Waals surface area contributed by atoms with Gasteiger partial charge in [-0.15, -0.1) is 16.4 Å². The predicted molar refractivity (Wildman–Crippen MR) is 86.8 cm³/mol. The van der Waals surface area contributed by atoms with E-state index < -0.39 is 5.97 Å². The molecule has 0 atom stereocenters. The average molecular weight is 377 g/mol. The summed E-state index contributed by atoms with van der Waals surface area (Å²) in [4.78, 5) is 22.3. The zero-order valence-corrected chi connectivity index (χ0v) is 14.3. The number of aromatic nitrogens is 3. The number of nitrogens with zero attached hydrogens (tertiary/aromatic N) is 3. The van der Waals surface area contributed by atoms with Crippen molar-refractivity contribution < 1.29 is 14.7 Å². The lowest BCUT2D eigenvalue weighted by Gasteiger charge is -2.02. The molecular weight excluding hydrogens is 363 g/mol. The third kappa shape index (κ3) is 5.81. The van der Waals surface area contributed by atoms with Crippen LogP contribution >= 0.6 is 34.5 Å². The van der Waals surface area contributed by atoms with Gasteiger partial charge >= 0.3 is 5.97 Å². The number of aliphatic carboxylic acids is 1.